The van der Waals surface area contributed by atoms with Crippen LogP contribution in [0.15, 0.2) is 30.5 Å². The zero-order valence-corrected chi connectivity index (χ0v) is 8.79. The van der Waals surface area contributed by atoms with Crippen molar-refractivity contribution >= 4 is 16.7 Å². The van der Waals surface area contributed by atoms with Gasteiger partial charge in [-0.25, -0.2) is 0 Å². The Morgan fingerprint density at radius 2 is 1.93 bits per heavy atom. The number of hydrogen-bond donors (Lipinski definition) is 1. The maximum atomic E-state index is 11.0. The Hall–Kier alpha value is -1.57. The molecule has 0 saturated carbocycles. The van der Waals surface area contributed by atoms with E-state index >= 15 is 0 Å². The molecule has 0 spiro atoms. The van der Waals surface area contributed by atoms with Gasteiger partial charge in [-0.2, -0.15) is 0 Å². The summed E-state index contributed by atoms with van der Waals surface area (Å²) < 4.78 is 0. The quantitative estimate of drug-likeness (QED) is 0.685. The van der Waals surface area contributed by atoms with Gasteiger partial charge in [0, 0.05) is 17.3 Å². The molecule has 0 amide bonds. The Morgan fingerprint density at radius 1 is 1.21 bits per heavy atom. The highest BCUT2D eigenvalue weighted by Crippen LogP contribution is 2.14. The summed E-state index contributed by atoms with van der Waals surface area (Å²) in [5.74, 6) is 0.103. The van der Waals surface area contributed by atoms with E-state index < -0.39 is 0 Å². The van der Waals surface area contributed by atoms with Crippen LogP contribution in [0, 0.1) is 0 Å². The van der Waals surface area contributed by atoms with E-state index in [0.29, 0.717) is 0 Å². The largest absolute Gasteiger partial charge is 0.361 e. The number of Topliss-reactive ketones (excluding diaryl/α,β-unsaturated/α-hetero) is 1. The molecule has 1 aromatic heterocycles. The molecule has 0 unspecified atom stereocenters. The Labute approximate surface area is 83.9 Å². The average Bonchev–Trinajstić information content (AvgIpc) is 2.67. The van der Waals surface area contributed by atoms with E-state index in [4.69, 9.17) is 0 Å². The van der Waals surface area contributed by atoms with Crippen molar-refractivity contribution in [2.45, 2.75) is 20.8 Å². The lowest BCUT2D eigenvalue weighted by molar-refractivity contribution is 0.101. The van der Waals surface area contributed by atoms with Crippen LogP contribution in [0.4, 0.5) is 0 Å². The SMILES string of the molecule is CC.CC(=O)c1ccc2cc[nH]c2c1. The number of carbonyl (C=O) groups is 1. The van der Waals surface area contributed by atoms with Gasteiger partial charge >= 0.3 is 0 Å². The molecule has 0 aliphatic heterocycles. The molecule has 14 heavy (non-hydrogen) atoms. The first-order valence-corrected chi connectivity index (χ1v) is 4.85. The third-order valence-electron chi connectivity index (χ3n) is 1.96. The number of fused-ring (bicyclic) bond motifs is 1. The van der Waals surface area contributed by atoms with Crippen molar-refractivity contribution in [2.75, 3.05) is 0 Å². The van der Waals surface area contributed by atoms with E-state index in [-0.39, 0.29) is 5.78 Å². The summed E-state index contributed by atoms with van der Waals surface area (Å²) in [5, 5.41) is 1.14. The number of carbonyl (C=O) groups excluding carboxylic acids is 1. The third kappa shape index (κ3) is 2.02. The first kappa shape index (κ1) is 10.5. The molecule has 0 saturated heterocycles. The first-order valence-electron chi connectivity index (χ1n) is 4.85. The summed E-state index contributed by atoms with van der Waals surface area (Å²) in [7, 11) is 0. The minimum atomic E-state index is 0.103. The Balaban J connectivity index is 0.000000461. The topological polar surface area (TPSA) is 32.9 Å². The second-order valence-electron chi connectivity index (χ2n) is 2.84. The van der Waals surface area contributed by atoms with Gasteiger partial charge in [0.15, 0.2) is 5.78 Å². The normalized spacial score (nSPS) is 9.36. The zero-order chi connectivity index (χ0) is 10.6. The van der Waals surface area contributed by atoms with Gasteiger partial charge in [-0.05, 0) is 24.4 Å². The Bertz CT molecular complexity index is 429. The van der Waals surface area contributed by atoms with Crippen molar-refractivity contribution in [3.8, 4) is 0 Å². The second kappa shape index (κ2) is 4.61. The summed E-state index contributed by atoms with van der Waals surface area (Å²) in [5.41, 5.74) is 1.77. The number of aromatic amines is 1. The Morgan fingerprint density at radius 3 is 2.57 bits per heavy atom. The van der Waals surface area contributed by atoms with E-state index in [1.807, 2.05) is 44.3 Å². The van der Waals surface area contributed by atoms with Crippen LogP contribution >= 0.6 is 0 Å². The van der Waals surface area contributed by atoms with Crippen LogP contribution < -0.4 is 0 Å². The lowest BCUT2D eigenvalue weighted by atomic mass is 10.1. The fourth-order valence-corrected chi connectivity index (χ4v) is 1.27. The number of nitrogens with one attached hydrogen (secondary N) is 1. The number of benzene rings is 1. The highest BCUT2D eigenvalue weighted by molar-refractivity contribution is 5.97. The molecule has 74 valence electrons. The van der Waals surface area contributed by atoms with Gasteiger partial charge in [0.1, 0.15) is 0 Å². The van der Waals surface area contributed by atoms with Crippen LogP contribution in [0.25, 0.3) is 10.9 Å². The molecule has 0 aliphatic carbocycles. The summed E-state index contributed by atoms with van der Waals surface area (Å²) in [6, 6.07) is 7.65. The predicted molar refractivity (Wildman–Crippen MR) is 59.7 cm³/mol. The van der Waals surface area contributed by atoms with Gasteiger partial charge in [-0.15, -0.1) is 0 Å². The molecular weight excluding hydrogens is 174 g/mol. The van der Waals surface area contributed by atoms with E-state index in [1.165, 1.54) is 0 Å². The third-order valence-corrected chi connectivity index (χ3v) is 1.96. The van der Waals surface area contributed by atoms with Crippen LogP contribution in [-0.2, 0) is 0 Å². The molecular formula is C12H15NO. The van der Waals surface area contributed by atoms with E-state index in [9.17, 15) is 4.79 Å². The molecule has 0 fully saturated rings. The van der Waals surface area contributed by atoms with Crippen LogP contribution in [0.3, 0.4) is 0 Å². The minimum absolute atomic E-state index is 0.103. The molecule has 1 N–H and O–H groups in total. The summed E-state index contributed by atoms with van der Waals surface area (Å²) in [6.07, 6.45) is 1.87. The fraction of sp³-hybridized carbons (Fsp3) is 0.250. The van der Waals surface area contributed by atoms with Crippen molar-refractivity contribution in [3.63, 3.8) is 0 Å². The van der Waals surface area contributed by atoms with Crippen molar-refractivity contribution in [3.05, 3.63) is 36.0 Å². The standard InChI is InChI=1S/C10H9NO.C2H6/c1-7(12)9-3-2-8-4-5-11-10(8)6-9;1-2/h2-6,11H,1H3;1-2H3. The van der Waals surface area contributed by atoms with Crippen molar-refractivity contribution < 1.29 is 4.79 Å². The molecule has 2 heteroatoms. The van der Waals surface area contributed by atoms with Crippen molar-refractivity contribution in [1.82, 2.24) is 4.98 Å². The molecule has 0 aliphatic rings. The van der Waals surface area contributed by atoms with E-state index in [0.717, 1.165) is 16.5 Å². The number of hydrogen-bond acceptors (Lipinski definition) is 1. The second-order valence-corrected chi connectivity index (χ2v) is 2.84. The smallest absolute Gasteiger partial charge is 0.159 e. The zero-order valence-electron chi connectivity index (χ0n) is 8.79. The van der Waals surface area contributed by atoms with Gasteiger partial charge in [0.2, 0.25) is 0 Å². The van der Waals surface area contributed by atoms with Crippen LogP contribution in [0.5, 0.6) is 0 Å². The van der Waals surface area contributed by atoms with Crippen molar-refractivity contribution in [2.24, 2.45) is 0 Å². The first-order chi connectivity index (χ1) is 6.77. The van der Waals surface area contributed by atoms with Crippen LogP contribution in [0.2, 0.25) is 0 Å². The van der Waals surface area contributed by atoms with E-state index in [2.05, 4.69) is 4.98 Å². The van der Waals surface area contributed by atoms with Gasteiger partial charge in [0.05, 0.1) is 0 Å². The van der Waals surface area contributed by atoms with Gasteiger partial charge in [-0.3, -0.25) is 4.79 Å². The number of aromatic nitrogens is 1. The predicted octanol–water partition coefficient (Wildman–Crippen LogP) is 3.40. The van der Waals surface area contributed by atoms with Crippen molar-refractivity contribution in [1.29, 1.82) is 0 Å². The maximum absolute atomic E-state index is 11.0. The summed E-state index contributed by atoms with van der Waals surface area (Å²) in [4.78, 5) is 14.1. The Kier molecular flexibility index (Phi) is 3.46. The van der Waals surface area contributed by atoms with Crippen LogP contribution in [0.1, 0.15) is 31.1 Å². The van der Waals surface area contributed by atoms with Gasteiger partial charge in [0.25, 0.3) is 0 Å². The van der Waals surface area contributed by atoms with Gasteiger partial charge < -0.3 is 4.98 Å². The molecule has 1 heterocycles. The lowest BCUT2D eigenvalue weighted by Gasteiger charge is -1.94. The van der Waals surface area contributed by atoms with Gasteiger partial charge in [-0.1, -0.05) is 26.0 Å². The highest BCUT2D eigenvalue weighted by atomic mass is 16.1. The number of rotatable bonds is 1. The van der Waals surface area contributed by atoms with Crippen LogP contribution in [-0.4, -0.2) is 10.8 Å². The fourth-order valence-electron chi connectivity index (χ4n) is 1.27. The average molecular weight is 189 g/mol. The number of ketones is 1. The lowest BCUT2D eigenvalue weighted by Crippen LogP contribution is -1.90. The minimum Gasteiger partial charge on any atom is -0.361 e. The molecule has 0 atom stereocenters. The molecule has 2 aromatic rings. The molecule has 0 bridgehead atoms. The molecule has 0 radical (unpaired) electrons. The highest BCUT2D eigenvalue weighted by Gasteiger charge is 2.00. The number of H-pyrrole nitrogens is 1. The molecule has 2 rings (SSSR count). The molecule has 2 nitrogen and oxygen atoms in total. The summed E-state index contributed by atoms with van der Waals surface area (Å²) in [6.45, 7) is 5.57. The maximum Gasteiger partial charge on any atom is 0.159 e. The monoisotopic (exact) mass is 189 g/mol. The van der Waals surface area contributed by atoms with E-state index in [1.54, 1.807) is 6.92 Å². The molecule has 1 aromatic carbocycles. The summed E-state index contributed by atoms with van der Waals surface area (Å²) >= 11 is 0.